The van der Waals surface area contributed by atoms with Crippen molar-refractivity contribution in [3.63, 3.8) is 0 Å². The summed E-state index contributed by atoms with van der Waals surface area (Å²) in [7, 11) is 0. The summed E-state index contributed by atoms with van der Waals surface area (Å²) < 4.78 is 0. The van der Waals surface area contributed by atoms with Gasteiger partial charge in [-0.2, -0.15) is 0 Å². The standard InChI is InChI=1S/C15H13N3O2/c1-3-10-7-12(9-17-13(10)4-2)18-14-8-11(15(19)20)5-6-16-14/h3-9H,1-2H2,(H,16,18)(H,19,20). The Hall–Kier alpha value is -2.95. The molecule has 0 aliphatic heterocycles. The summed E-state index contributed by atoms with van der Waals surface area (Å²) in [5.74, 6) is -0.560. The SMILES string of the molecule is C=Cc1cc(Nc2cc(C(=O)O)ccn2)cnc1C=C. The van der Waals surface area contributed by atoms with E-state index in [4.69, 9.17) is 5.11 Å². The van der Waals surface area contributed by atoms with E-state index in [1.807, 2.05) is 6.07 Å². The Kier molecular flexibility index (Phi) is 3.91. The van der Waals surface area contributed by atoms with Gasteiger partial charge in [0.1, 0.15) is 5.82 Å². The van der Waals surface area contributed by atoms with Gasteiger partial charge in [-0.1, -0.05) is 19.2 Å². The third kappa shape index (κ3) is 2.89. The quantitative estimate of drug-likeness (QED) is 0.870. The second kappa shape index (κ2) is 5.79. The predicted octanol–water partition coefficient (Wildman–Crippen LogP) is 3.20. The minimum absolute atomic E-state index is 0.169. The second-order valence-corrected chi connectivity index (χ2v) is 3.97. The average Bonchev–Trinajstić information content (AvgIpc) is 2.47. The zero-order valence-electron chi connectivity index (χ0n) is 10.7. The van der Waals surface area contributed by atoms with E-state index in [0.717, 1.165) is 11.3 Å². The summed E-state index contributed by atoms with van der Waals surface area (Å²) in [6.07, 6.45) is 6.38. The van der Waals surface area contributed by atoms with E-state index < -0.39 is 5.97 Å². The summed E-state index contributed by atoms with van der Waals surface area (Å²) in [6, 6.07) is 4.73. The first kappa shape index (κ1) is 13.5. The summed E-state index contributed by atoms with van der Waals surface area (Å²) in [5, 5.41) is 11.9. The van der Waals surface area contributed by atoms with Gasteiger partial charge >= 0.3 is 5.97 Å². The highest BCUT2D eigenvalue weighted by molar-refractivity contribution is 5.88. The van der Waals surface area contributed by atoms with Gasteiger partial charge in [-0.3, -0.25) is 4.98 Å². The van der Waals surface area contributed by atoms with Crippen LogP contribution in [0.1, 0.15) is 21.6 Å². The Labute approximate surface area is 116 Å². The molecule has 0 radical (unpaired) electrons. The number of carboxylic acids is 1. The van der Waals surface area contributed by atoms with Gasteiger partial charge < -0.3 is 10.4 Å². The zero-order valence-corrected chi connectivity index (χ0v) is 10.7. The predicted molar refractivity (Wildman–Crippen MR) is 78.9 cm³/mol. The van der Waals surface area contributed by atoms with Gasteiger partial charge in [-0.25, -0.2) is 9.78 Å². The van der Waals surface area contributed by atoms with Crippen LogP contribution in [0.25, 0.3) is 12.2 Å². The third-order valence-corrected chi connectivity index (χ3v) is 2.64. The van der Waals surface area contributed by atoms with Crippen molar-refractivity contribution in [3.8, 4) is 0 Å². The van der Waals surface area contributed by atoms with E-state index in [2.05, 4.69) is 28.4 Å². The van der Waals surface area contributed by atoms with Crippen molar-refractivity contribution in [1.82, 2.24) is 9.97 Å². The molecule has 20 heavy (non-hydrogen) atoms. The van der Waals surface area contributed by atoms with Crippen LogP contribution >= 0.6 is 0 Å². The normalized spacial score (nSPS) is 9.80. The maximum atomic E-state index is 10.9. The Morgan fingerprint density at radius 2 is 2.05 bits per heavy atom. The van der Waals surface area contributed by atoms with Gasteiger partial charge in [-0.15, -0.1) is 0 Å². The molecule has 0 amide bonds. The lowest BCUT2D eigenvalue weighted by Crippen LogP contribution is -2.00. The molecule has 5 nitrogen and oxygen atoms in total. The molecule has 0 aromatic carbocycles. The van der Waals surface area contributed by atoms with Gasteiger partial charge in [0.2, 0.25) is 0 Å². The second-order valence-electron chi connectivity index (χ2n) is 3.97. The fraction of sp³-hybridized carbons (Fsp3) is 0. The lowest BCUT2D eigenvalue weighted by atomic mass is 10.1. The van der Waals surface area contributed by atoms with Gasteiger partial charge in [0.25, 0.3) is 0 Å². The van der Waals surface area contributed by atoms with Crippen molar-refractivity contribution in [2.75, 3.05) is 5.32 Å². The molecular formula is C15H13N3O2. The molecule has 0 aliphatic rings. The number of carboxylic acid groups (broad SMARTS) is 1. The van der Waals surface area contributed by atoms with Crippen molar-refractivity contribution in [1.29, 1.82) is 0 Å². The van der Waals surface area contributed by atoms with E-state index in [1.54, 1.807) is 18.3 Å². The number of nitrogens with one attached hydrogen (secondary N) is 1. The highest BCUT2D eigenvalue weighted by atomic mass is 16.4. The Morgan fingerprint density at radius 1 is 1.25 bits per heavy atom. The maximum absolute atomic E-state index is 10.9. The van der Waals surface area contributed by atoms with E-state index in [9.17, 15) is 4.79 Å². The van der Waals surface area contributed by atoms with Crippen LogP contribution in [0.3, 0.4) is 0 Å². The molecule has 0 saturated heterocycles. The molecule has 0 unspecified atom stereocenters. The smallest absolute Gasteiger partial charge is 0.335 e. The summed E-state index contributed by atoms with van der Waals surface area (Å²) in [5.41, 5.74) is 2.43. The number of hydrogen-bond donors (Lipinski definition) is 2. The Morgan fingerprint density at radius 3 is 2.70 bits per heavy atom. The first-order valence-corrected chi connectivity index (χ1v) is 5.85. The molecule has 0 spiro atoms. The van der Waals surface area contributed by atoms with Crippen LogP contribution in [0.5, 0.6) is 0 Å². The maximum Gasteiger partial charge on any atom is 0.335 e. The van der Waals surface area contributed by atoms with Crippen molar-refractivity contribution < 1.29 is 9.90 Å². The van der Waals surface area contributed by atoms with E-state index in [0.29, 0.717) is 11.5 Å². The highest BCUT2D eigenvalue weighted by Crippen LogP contribution is 2.19. The van der Waals surface area contributed by atoms with Crippen LogP contribution < -0.4 is 5.32 Å². The van der Waals surface area contributed by atoms with Crippen LogP contribution in [0, 0.1) is 0 Å². The molecule has 2 N–H and O–H groups in total. The van der Waals surface area contributed by atoms with E-state index in [1.165, 1.54) is 18.3 Å². The van der Waals surface area contributed by atoms with Gasteiger partial charge in [0, 0.05) is 11.8 Å². The van der Waals surface area contributed by atoms with Crippen LogP contribution in [0.15, 0.2) is 43.8 Å². The molecule has 0 atom stereocenters. The first-order chi connectivity index (χ1) is 9.63. The van der Waals surface area contributed by atoms with Crippen molar-refractivity contribution in [2.45, 2.75) is 0 Å². The number of carbonyl (C=O) groups is 1. The molecule has 2 heterocycles. The first-order valence-electron chi connectivity index (χ1n) is 5.85. The molecule has 0 aliphatic carbocycles. The Bertz CT molecular complexity index is 681. The Balaban J connectivity index is 2.30. The molecule has 2 aromatic heterocycles. The number of pyridine rings is 2. The molecule has 2 aromatic rings. The minimum atomic E-state index is -0.998. The number of aromatic nitrogens is 2. The molecule has 0 bridgehead atoms. The molecule has 100 valence electrons. The number of anilines is 2. The molecule has 0 fully saturated rings. The summed E-state index contributed by atoms with van der Waals surface area (Å²) >= 11 is 0. The van der Waals surface area contributed by atoms with Gasteiger partial charge in [-0.05, 0) is 24.3 Å². The highest BCUT2D eigenvalue weighted by Gasteiger charge is 2.05. The lowest BCUT2D eigenvalue weighted by Gasteiger charge is -2.08. The molecule has 5 heteroatoms. The summed E-state index contributed by atoms with van der Waals surface area (Å²) in [6.45, 7) is 7.39. The van der Waals surface area contributed by atoms with Crippen LogP contribution in [-0.2, 0) is 0 Å². The number of rotatable bonds is 5. The molecule has 0 saturated carbocycles. The average molecular weight is 267 g/mol. The molecule has 2 rings (SSSR count). The number of nitrogens with zero attached hydrogens (tertiary/aromatic N) is 2. The minimum Gasteiger partial charge on any atom is -0.478 e. The molecular weight excluding hydrogens is 254 g/mol. The summed E-state index contributed by atoms with van der Waals surface area (Å²) in [4.78, 5) is 19.2. The third-order valence-electron chi connectivity index (χ3n) is 2.64. The topological polar surface area (TPSA) is 75.1 Å². The van der Waals surface area contributed by atoms with Gasteiger partial charge in [0.05, 0.1) is 23.1 Å². The van der Waals surface area contributed by atoms with Crippen LogP contribution in [0.2, 0.25) is 0 Å². The van der Waals surface area contributed by atoms with Crippen molar-refractivity contribution >= 4 is 29.6 Å². The zero-order chi connectivity index (χ0) is 14.5. The lowest BCUT2D eigenvalue weighted by molar-refractivity contribution is 0.0697. The van der Waals surface area contributed by atoms with E-state index >= 15 is 0 Å². The van der Waals surface area contributed by atoms with Crippen LogP contribution in [-0.4, -0.2) is 21.0 Å². The van der Waals surface area contributed by atoms with Crippen molar-refractivity contribution in [2.24, 2.45) is 0 Å². The largest absolute Gasteiger partial charge is 0.478 e. The van der Waals surface area contributed by atoms with E-state index in [-0.39, 0.29) is 5.56 Å². The van der Waals surface area contributed by atoms with Crippen molar-refractivity contribution in [3.05, 3.63) is 60.6 Å². The fourth-order valence-corrected chi connectivity index (χ4v) is 1.67. The monoisotopic (exact) mass is 267 g/mol. The number of aromatic carboxylic acids is 1. The van der Waals surface area contributed by atoms with Crippen LogP contribution in [0.4, 0.5) is 11.5 Å². The fourth-order valence-electron chi connectivity index (χ4n) is 1.67. The number of hydrogen-bond acceptors (Lipinski definition) is 4. The van der Waals surface area contributed by atoms with Gasteiger partial charge in [0.15, 0.2) is 0 Å².